The van der Waals surface area contributed by atoms with E-state index in [9.17, 15) is 22.9 Å². The zero-order valence-corrected chi connectivity index (χ0v) is 25.4. The SMILES string of the molecule is CCOc1ccc(Cl)cc1NC(=O)c1cc2ccccc2c(N=Nc2c(C)cc(S(=O)(=O)O)cc2Cl)c1[O-].[Na+]. The third-order valence-corrected chi connectivity index (χ3v) is 6.84. The van der Waals surface area contributed by atoms with E-state index in [4.69, 9.17) is 27.9 Å². The number of benzene rings is 4. The number of aryl methyl sites for hydroxylation is 1. The van der Waals surface area contributed by atoms with Crippen LogP contribution in [0, 0.1) is 6.92 Å². The molecule has 0 bridgehead atoms. The van der Waals surface area contributed by atoms with E-state index in [0.29, 0.717) is 39.4 Å². The average Bonchev–Trinajstić information content (AvgIpc) is 2.85. The van der Waals surface area contributed by atoms with E-state index in [1.807, 2.05) is 0 Å². The second-order valence-corrected chi connectivity index (χ2v) is 10.4. The van der Waals surface area contributed by atoms with Crippen LogP contribution in [0.15, 0.2) is 75.8 Å². The molecule has 1 amide bonds. The van der Waals surface area contributed by atoms with Crippen molar-refractivity contribution in [3.8, 4) is 11.5 Å². The fourth-order valence-electron chi connectivity index (χ4n) is 3.73. The van der Waals surface area contributed by atoms with Crippen LogP contribution in [0.1, 0.15) is 22.8 Å². The average molecular weight is 596 g/mol. The number of fused-ring (bicyclic) bond motifs is 1. The Morgan fingerprint density at radius 3 is 2.41 bits per heavy atom. The molecule has 0 heterocycles. The van der Waals surface area contributed by atoms with Crippen molar-refractivity contribution in [3.63, 3.8) is 0 Å². The maximum atomic E-state index is 13.5. The van der Waals surface area contributed by atoms with Gasteiger partial charge in [0.05, 0.1) is 27.9 Å². The molecule has 39 heavy (non-hydrogen) atoms. The van der Waals surface area contributed by atoms with Gasteiger partial charge in [-0.2, -0.15) is 13.5 Å². The second-order valence-electron chi connectivity index (χ2n) is 8.10. The maximum absolute atomic E-state index is 13.5. The minimum atomic E-state index is -4.49. The Morgan fingerprint density at radius 2 is 1.74 bits per heavy atom. The number of azo groups is 1. The number of amides is 1. The van der Waals surface area contributed by atoms with Gasteiger partial charge in [-0.05, 0) is 61.2 Å². The number of halogens is 2. The number of carbonyl (C=O) groups is 1. The molecule has 13 heteroatoms. The zero-order valence-electron chi connectivity index (χ0n) is 21.0. The Morgan fingerprint density at radius 1 is 1.05 bits per heavy atom. The molecule has 196 valence electrons. The Labute approximate surface area is 256 Å². The van der Waals surface area contributed by atoms with Crippen molar-refractivity contribution in [2.24, 2.45) is 10.2 Å². The Bertz CT molecular complexity index is 1690. The van der Waals surface area contributed by atoms with Crippen LogP contribution in [0.3, 0.4) is 0 Å². The van der Waals surface area contributed by atoms with Gasteiger partial charge in [-0.15, -0.1) is 5.11 Å². The van der Waals surface area contributed by atoms with Gasteiger partial charge in [0.15, 0.2) is 0 Å². The van der Waals surface area contributed by atoms with Crippen LogP contribution in [0.5, 0.6) is 11.5 Å². The first-order valence-electron chi connectivity index (χ1n) is 11.2. The van der Waals surface area contributed by atoms with E-state index < -0.39 is 26.7 Å². The first kappa shape index (κ1) is 30.8. The predicted octanol–water partition coefficient (Wildman–Crippen LogP) is 3.85. The molecule has 0 aliphatic carbocycles. The molecule has 0 aromatic heterocycles. The molecule has 4 aromatic carbocycles. The summed E-state index contributed by atoms with van der Waals surface area (Å²) < 4.78 is 37.8. The standard InChI is InChI=1S/C26H21Cl2N3O6S.Na/c1-3-37-22-9-8-16(27)12-21(22)29-26(33)19-11-15-6-4-5-7-18(15)24(25(19)32)31-30-23-14(2)10-17(13-20(23)28)38(34,35)36;/h4-13,32H,3H2,1-2H3,(H,29,33)(H,34,35,36);/q;+1/p-1. The number of rotatable bonds is 7. The molecule has 0 fully saturated rings. The Hall–Kier alpha value is -2.70. The first-order chi connectivity index (χ1) is 18.0. The number of hydrogen-bond donors (Lipinski definition) is 2. The van der Waals surface area contributed by atoms with Crippen LogP contribution >= 0.6 is 23.2 Å². The molecule has 0 aliphatic heterocycles. The van der Waals surface area contributed by atoms with Gasteiger partial charge in [-0.3, -0.25) is 9.35 Å². The van der Waals surface area contributed by atoms with E-state index in [-0.39, 0.29) is 51.5 Å². The molecule has 0 saturated carbocycles. The molecule has 0 saturated heterocycles. The van der Waals surface area contributed by atoms with E-state index in [0.717, 1.165) is 6.07 Å². The number of ether oxygens (including phenoxy) is 1. The fraction of sp³-hybridized carbons (Fsp3) is 0.115. The van der Waals surface area contributed by atoms with Gasteiger partial charge in [0.25, 0.3) is 16.0 Å². The summed E-state index contributed by atoms with van der Waals surface area (Å²) in [6, 6.07) is 15.2. The number of hydrogen-bond acceptors (Lipinski definition) is 7. The van der Waals surface area contributed by atoms with Crippen molar-refractivity contribution in [2.45, 2.75) is 18.7 Å². The summed E-state index contributed by atoms with van der Waals surface area (Å²) in [5, 5.41) is 25.6. The summed E-state index contributed by atoms with van der Waals surface area (Å²) in [6.07, 6.45) is 0. The summed E-state index contributed by atoms with van der Waals surface area (Å²) in [5.74, 6) is -1.00. The number of anilines is 1. The molecule has 0 atom stereocenters. The summed E-state index contributed by atoms with van der Waals surface area (Å²) >= 11 is 12.3. The summed E-state index contributed by atoms with van der Waals surface area (Å²) in [6.45, 7) is 3.67. The van der Waals surface area contributed by atoms with Gasteiger partial charge in [0, 0.05) is 16.0 Å². The molecule has 0 unspecified atom stereocenters. The first-order valence-corrected chi connectivity index (χ1v) is 13.3. The van der Waals surface area contributed by atoms with Gasteiger partial charge in [-0.25, -0.2) is 0 Å². The summed E-state index contributed by atoms with van der Waals surface area (Å²) in [4.78, 5) is 12.8. The van der Waals surface area contributed by atoms with Gasteiger partial charge in [-0.1, -0.05) is 53.2 Å². The van der Waals surface area contributed by atoms with Crippen LogP contribution in [-0.4, -0.2) is 25.5 Å². The summed E-state index contributed by atoms with van der Waals surface area (Å²) in [5.41, 5.74) is 0.381. The number of carbonyl (C=O) groups excluding carboxylic acids is 1. The van der Waals surface area contributed by atoms with Gasteiger partial charge in [0.1, 0.15) is 11.4 Å². The quantitative estimate of drug-likeness (QED) is 0.189. The minimum Gasteiger partial charge on any atom is -0.870 e. The van der Waals surface area contributed by atoms with Crippen molar-refractivity contribution in [2.75, 3.05) is 11.9 Å². The van der Waals surface area contributed by atoms with Crippen LogP contribution in [0.2, 0.25) is 10.0 Å². The normalized spacial score (nSPS) is 11.4. The molecule has 9 nitrogen and oxygen atoms in total. The molecular weight excluding hydrogens is 576 g/mol. The van der Waals surface area contributed by atoms with Crippen molar-refractivity contribution >= 4 is 67.1 Å². The van der Waals surface area contributed by atoms with Gasteiger partial charge >= 0.3 is 29.6 Å². The van der Waals surface area contributed by atoms with Crippen LogP contribution in [0.25, 0.3) is 10.8 Å². The van der Waals surface area contributed by atoms with Crippen molar-refractivity contribution in [1.29, 1.82) is 0 Å². The molecule has 2 N–H and O–H groups in total. The third kappa shape index (κ3) is 6.90. The monoisotopic (exact) mass is 595 g/mol. The van der Waals surface area contributed by atoms with Crippen LogP contribution < -0.4 is 44.7 Å². The van der Waals surface area contributed by atoms with Crippen molar-refractivity contribution in [1.82, 2.24) is 0 Å². The number of nitrogens with zero attached hydrogens (tertiary/aromatic N) is 2. The fourth-order valence-corrected chi connectivity index (χ4v) is 4.86. The largest absolute Gasteiger partial charge is 1.00 e. The topological polar surface area (TPSA) is 140 Å². The molecule has 0 spiro atoms. The van der Waals surface area contributed by atoms with Crippen molar-refractivity contribution in [3.05, 3.63) is 81.8 Å². The second kappa shape index (κ2) is 12.6. The van der Waals surface area contributed by atoms with Crippen LogP contribution in [-0.2, 0) is 10.1 Å². The van der Waals surface area contributed by atoms with Crippen molar-refractivity contribution < 1.29 is 57.2 Å². The molecule has 0 aliphatic rings. The minimum absolute atomic E-state index is 0. The van der Waals surface area contributed by atoms with Crippen LogP contribution in [0.4, 0.5) is 17.1 Å². The predicted molar refractivity (Wildman–Crippen MR) is 144 cm³/mol. The van der Waals surface area contributed by atoms with Gasteiger partial charge in [0.2, 0.25) is 0 Å². The molecule has 0 radical (unpaired) electrons. The van der Waals surface area contributed by atoms with Gasteiger partial charge < -0.3 is 15.2 Å². The Kier molecular flexibility index (Phi) is 10.0. The van der Waals surface area contributed by atoms with E-state index >= 15 is 0 Å². The Balaban J connectivity index is 0.00000420. The smallest absolute Gasteiger partial charge is 0.870 e. The molecule has 4 aromatic rings. The third-order valence-electron chi connectivity index (χ3n) is 5.49. The summed E-state index contributed by atoms with van der Waals surface area (Å²) in [7, 11) is -4.49. The zero-order chi connectivity index (χ0) is 27.6. The number of nitrogens with one attached hydrogen (secondary N) is 1. The molecule has 4 rings (SSSR count). The van der Waals surface area contributed by atoms with E-state index in [1.54, 1.807) is 43.3 Å². The van der Waals surface area contributed by atoms with E-state index in [1.165, 1.54) is 25.1 Å². The maximum Gasteiger partial charge on any atom is 1.00 e. The van der Waals surface area contributed by atoms with E-state index in [2.05, 4.69) is 15.5 Å². The molecular formula is C26H20Cl2N3NaO6S.